The summed E-state index contributed by atoms with van der Waals surface area (Å²) in [6, 6.07) is -1.30. The van der Waals surface area contributed by atoms with Gasteiger partial charge in [-0.25, -0.2) is 9.59 Å². The molecule has 0 spiro atoms. The summed E-state index contributed by atoms with van der Waals surface area (Å²) in [6.45, 7) is 6.45. The standard InChI is InChI=1S/C12H23N3O4/c1-7-5-15(6-8(2)14(7)4)12(19)13-10(9(3)16)11(17)18/h7-10,16H,5-6H2,1-4H3,(H,13,19)(H,17,18)/t7?,8?,9-,10+/m1/s1. The number of rotatable bonds is 3. The van der Waals surface area contributed by atoms with Crippen molar-refractivity contribution in [1.82, 2.24) is 15.1 Å². The molecule has 2 unspecified atom stereocenters. The Morgan fingerprint density at radius 3 is 2.11 bits per heavy atom. The van der Waals surface area contributed by atoms with Gasteiger partial charge in [0.15, 0.2) is 6.04 Å². The predicted octanol–water partition coefficient (Wildman–Crippen LogP) is -0.446. The van der Waals surface area contributed by atoms with Gasteiger partial charge in [-0.1, -0.05) is 0 Å². The first-order chi connectivity index (χ1) is 8.73. The van der Waals surface area contributed by atoms with E-state index in [0.29, 0.717) is 13.1 Å². The van der Waals surface area contributed by atoms with E-state index in [0.717, 1.165) is 0 Å². The second kappa shape index (κ2) is 6.21. The lowest BCUT2D eigenvalue weighted by molar-refractivity contribution is -0.141. The second-order valence-corrected chi connectivity index (χ2v) is 5.27. The average molecular weight is 273 g/mol. The number of nitrogens with zero attached hydrogens (tertiary/aromatic N) is 2. The van der Waals surface area contributed by atoms with Gasteiger partial charge in [0.2, 0.25) is 0 Å². The highest BCUT2D eigenvalue weighted by Gasteiger charge is 2.32. The van der Waals surface area contributed by atoms with Gasteiger partial charge >= 0.3 is 12.0 Å². The Morgan fingerprint density at radius 1 is 1.26 bits per heavy atom. The number of hydrogen-bond acceptors (Lipinski definition) is 4. The first kappa shape index (κ1) is 15.7. The summed E-state index contributed by atoms with van der Waals surface area (Å²) in [4.78, 5) is 26.7. The average Bonchev–Trinajstić information content (AvgIpc) is 2.31. The van der Waals surface area contributed by atoms with Crippen LogP contribution in [0.4, 0.5) is 4.79 Å². The van der Waals surface area contributed by atoms with Gasteiger partial charge in [0, 0.05) is 25.2 Å². The molecule has 1 fully saturated rings. The maximum Gasteiger partial charge on any atom is 0.328 e. The lowest BCUT2D eigenvalue weighted by Gasteiger charge is -2.42. The minimum atomic E-state index is -1.28. The van der Waals surface area contributed by atoms with E-state index in [-0.39, 0.29) is 12.1 Å². The van der Waals surface area contributed by atoms with Gasteiger partial charge in [0.1, 0.15) is 0 Å². The van der Waals surface area contributed by atoms with Crippen molar-refractivity contribution < 1.29 is 19.8 Å². The van der Waals surface area contributed by atoms with Gasteiger partial charge in [-0.3, -0.25) is 4.90 Å². The Balaban J connectivity index is 2.65. The third kappa shape index (κ3) is 3.81. The van der Waals surface area contributed by atoms with E-state index < -0.39 is 24.1 Å². The number of carboxylic acids is 1. The molecule has 7 heteroatoms. The van der Waals surface area contributed by atoms with Crippen molar-refractivity contribution in [2.45, 2.75) is 45.0 Å². The molecule has 1 aliphatic rings. The molecule has 1 aliphatic heterocycles. The maximum atomic E-state index is 12.0. The Hall–Kier alpha value is -1.34. The summed E-state index contributed by atoms with van der Waals surface area (Å²) in [5, 5.41) is 20.6. The number of hydrogen-bond donors (Lipinski definition) is 3. The summed E-state index contributed by atoms with van der Waals surface area (Å²) < 4.78 is 0. The fourth-order valence-corrected chi connectivity index (χ4v) is 2.18. The molecule has 0 aromatic heterocycles. The molecule has 0 bridgehead atoms. The van der Waals surface area contributed by atoms with Crippen LogP contribution in [-0.4, -0.2) is 76.4 Å². The topological polar surface area (TPSA) is 93.1 Å². The van der Waals surface area contributed by atoms with Gasteiger partial charge in [-0.2, -0.15) is 0 Å². The molecule has 1 heterocycles. The van der Waals surface area contributed by atoms with E-state index in [1.807, 2.05) is 20.9 Å². The van der Waals surface area contributed by atoms with Crippen molar-refractivity contribution in [2.24, 2.45) is 0 Å². The zero-order valence-electron chi connectivity index (χ0n) is 11.8. The summed E-state index contributed by atoms with van der Waals surface area (Å²) in [5.74, 6) is -1.24. The van der Waals surface area contributed by atoms with Crippen LogP contribution in [0.5, 0.6) is 0 Å². The highest BCUT2D eigenvalue weighted by molar-refractivity contribution is 5.83. The Labute approximate surface area is 113 Å². The normalized spacial score (nSPS) is 27.7. The Kier molecular flexibility index (Phi) is 5.13. The van der Waals surface area contributed by atoms with Gasteiger partial charge < -0.3 is 20.4 Å². The molecule has 4 atom stereocenters. The van der Waals surface area contributed by atoms with E-state index in [9.17, 15) is 14.7 Å². The number of carbonyl (C=O) groups excluding carboxylic acids is 1. The quantitative estimate of drug-likeness (QED) is 0.648. The van der Waals surface area contributed by atoms with Crippen molar-refractivity contribution in [3.63, 3.8) is 0 Å². The highest BCUT2D eigenvalue weighted by atomic mass is 16.4. The maximum absolute atomic E-state index is 12.0. The number of carbonyl (C=O) groups is 2. The Morgan fingerprint density at radius 2 is 1.74 bits per heavy atom. The molecule has 7 nitrogen and oxygen atoms in total. The molecule has 19 heavy (non-hydrogen) atoms. The number of aliphatic hydroxyl groups is 1. The van der Waals surface area contributed by atoms with Gasteiger partial charge in [0.25, 0.3) is 0 Å². The zero-order chi connectivity index (χ0) is 14.7. The van der Waals surface area contributed by atoms with Gasteiger partial charge in [-0.05, 0) is 27.8 Å². The fourth-order valence-electron chi connectivity index (χ4n) is 2.18. The minimum absolute atomic E-state index is 0.212. The van der Waals surface area contributed by atoms with E-state index in [1.165, 1.54) is 6.92 Å². The van der Waals surface area contributed by atoms with E-state index in [1.54, 1.807) is 4.90 Å². The van der Waals surface area contributed by atoms with Crippen molar-refractivity contribution in [1.29, 1.82) is 0 Å². The monoisotopic (exact) mass is 273 g/mol. The molecule has 110 valence electrons. The van der Waals surface area contributed by atoms with E-state index >= 15 is 0 Å². The molecule has 3 N–H and O–H groups in total. The van der Waals surface area contributed by atoms with Crippen LogP contribution in [0.3, 0.4) is 0 Å². The molecule has 0 aromatic rings. The van der Waals surface area contributed by atoms with Crippen LogP contribution in [0.2, 0.25) is 0 Å². The number of urea groups is 1. The number of carboxylic acid groups (broad SMARTS) is 1. The van der Waals surface area contributed by atoms with Crippen LogP contribution in [-0.2, 0) is 4.79 Å². The van der Waals surface area contributed by atoms with E-state index in [4.69, 9.17) is 5.11 Å². The predicted molar refractivity (Wildman–Crippen MR) is 69.9 cm³/mol. The van der Waals surface area contributed by atoms with Crippen molar-refractivity contribution in [3.8, 4) is 0 Å². The summed E-state index contributed by atoms with van der Waals surface area (Å²) in [7, 11) is 2.00. The molecular formula is C12H23N3O4. The van der Waals surface area contributed by atoms with Crippen LogP contribution in [0, 0.1) is 0 Å². The number of amides is 2. The number of piperazine rings is 1. The van der Waals surface area contributed by atoms with Crippen LogP contribution in [0.15, 0.2) is 0 Å². The number of aliphatic hydroxyl groups excluding tert-OH is 1. The fraction of sp³-hybridized carbons (Fsp3) is 0.833. The smallest absolute Gasteiger partial charge is 0.328 e. The minimum Gasteiger partial charge on any atom is -0.480 e. The molecular weight excluding hydrogens is 250 g/mol. The lowest BCUT2D eigenvalue weighted by Crippen LogP contribution is -2.60. The zero-order valence-corrected chi connectivity index (χ0v) is 11.8. The third-order valence-electron chi connectivity index (χ3n) is 3.67. The third-order valence-corrected chi connectivity index (χ3v) is 3.67. The molecule has 0 radical (unpaired) electrons. The van der Waals surface area contributed by atoms with Crippen molar-refractivity contribution >= 4 is 12.0 Å². The lowest BCUT2D eigenvalue weighted by atomic mass is 10.1. The van der Waals surface area contributed by atoms with Crippen LogP contribution >= 0.6 is 0 Å². The van der Waals surface area contributed by atoms with Crippen LogP contribution in [0.1, 0.15) is 20.8 Å². The first-order valence-corrected chi connectivity index (χ1v) is 6.42. The van der Waals surface area contributed by atoms with Crippen molar-refractivity contribution in [3.05, 3.63) is 0 Å². The number of aliphatic carboxylic acids is 1. The summed E-state index contributed by atoms with van der Waals surface area (Å²) in [5.41, 5.74) is 0. The summed E-state index contributed by atoms with van der Waals surface area (Å²) in [6.07, 6.45) is -1.14. The van der Waals surface area contributed by atoms with E-state index in [2.05, 4.69) is 10.2 Å². The molecule has 0 aliphatic carbocycles. The summed E-state index contributed by atoms with van der Waals surface area (Å²) >= 11 is 0. The Bertz CT molecular complexity index is 336. The molecule has 1 rings (SSSR count). The molecule has 0 aromatic carbocycles. The molecule has 0 saturated carbocycles. The van der Waals surface area contributed by atoms with Gasteiger partial charge in [0.05, 0.1) is 6.10 Å². The highest BCUT2D eigenvalue weighted by Crippen LogP contribution is 2.13. The first-order valence-electron chi connectivity index (χ1n) is 6.42. The largest absolute Gasteiger partial charge is 0.480 e. The van der Waals surface area contributed by atoms with Crippen LogP contribution in [0.25, 0.3) is 0 Å². The SMILES string of the molecule is CC1CN(C(=O)N[C@H](C(=O)O)[C@@H](C)O)CC(C)N1C. The van der Waals surface area contributed by atoms with Crippen LogP contribution < -0.4 is 5.32 Å². The second-order valence-electron chi connectivity index (χ2n) is 5.27. The van der Waals surface area contributed by atoms with Crippen molar-refractivity contribution in [2.75, 3.05) is 20.1 Å². The van der Waals surface area contributed by atoms with Gasteiger partial charge in [-0.15, -0.1) is 0 Å². The molecule has 1 saturated heterocycles. The number of likely N-dealkylation sites (N-methyl/N-ethyl adjacent to an activating group) is 1. The molecule has 2 amide bonds. The number of nitrogens with one attached hydrogen (secondary N) is 1.